The van der Waals surface area contributed by atoms with Gasteiger partial charge in [0.15, 0.2) is 0 Å². The minimum absolute atomic E-state index is 0.706. The maximum Gasteiger partial charge on any atom is -0.00431 e. The molecule has 1 aliphatic rings. The maximum atomic E-state index is 3.46. The Morgan fingerprint density at radius 1 is 0.895 bits per heavy atom. The van der Waals surface area contributed by atoms with Crippen LogP contribution in [0.2, 0.25) is 0 Å². The van der Waals surface area contributed by atoms with Gasteiger partial charge in [0.1, 0.15) is 0 Å². The van der Waals surface area contributed by atoms with Gasteiger partial charge in [0.05, 0.1) is 0 Å². The molecular formula is C18H21N. The molecule has 1 fully saturated rings. The fraction of sp³-hybridized carbons (Fsp3) is 0.333. The Labute approximate surface area is 115 Å². The quantitative estimate of drug-likeness (QED) is 0.846. The number of hydrogen-bond acceptors (Lipinski definition) is 1. The summed E-state index contributed by atoms with van der Waals surface area (Å²) in [6.07, 6.45) is 2.51. The molecule has 1 nitrogen and oxygen atoms in total. The highest BCUT2D eigenvalue weighted by Crippen LogP contribution is 2.36. The normalized spacial score (nSPS) is 16.5. The third kappa shape index (κ3) is 2.57. The zero-order valence-electron chi connectivity index (χ0n) is 11.5. The molecule has 2 aromatic carbocycles. The van der Waals surface area contributed by atoms with E-state index in [1.165, 1.54) is 29.5 Å². The van der Waals surface area contributed by atoms with Crippen LogP contribution >= 0.6 is 0 Å². The fourth-order valence-corrected chi connectivity index (χ4v) is 3.20. The number of benzene rings is 2. The van der Waals surface area contributed by atoms with Gasteiger partial charge in [0.25, 0.3) is 0 Å². The smallest absolute Gasteiger partial charge is 0.00431 e. The van der Waals surface area contributed by atoms with Crippen molar-refractivity contribution < 1.29 is 0 Å². The van der Waals surface area contributed by atoms with Crippen LogP contribution in [0.4, 0.5) is 0 Å². The van der Waals surface area contributed by atoms with Crippen LogP contribution in [-0.4, -0.2) is 13.1 Å². The molecule has 0 unspecified atom stereocenters. The third-order valence-electron chi connectivity index (χ3n) is 4.16. The summed E-state index contributed by atoms with van der Waals surface area (Å²) in [5.74, 6) is 0.706. The minimum Gasteiger partial charge on any atom is -0.317 e. The average Bonchev–Trinajstić information content (AvgIpc) is 2.49. The van der Waals surface area contributed by atoms with Gasteiger partial charge < -0.3 is 5.32 Å². The lowest BCUT2D eigenvalue weighted by Gasteiger charge is -2.27. The van der Waals surface area contributed by atoms with Crippen LogP contribution in [0, 0.1) is 6.92 Å². The molecule has 19 heavy (non-hydrogen) atoms. The second-order valence-corrected chi connectivity index (χ2v) is 5.43. The van der Waals surface area contributed by atoms with Crippen molar-refractivity contribution in [1.82, 2.24) is 5.32 Å². The fourth-order valence-electron chi connectivity index (χ4n) is 3.20. The van der Waals surface area contributed by atoms with Gasteiger partial charge in [0, 0.05) is 0 Å². The van der Waals surface area contributed by atoms with Gasteiger partial charge in [-0.15, -0.1) is 0 Å². The zero-order valence-corrected chi connectivity index (χ0v) is 11.5. The third-order valence-corrected chi connectivity index (χ3v) is 4.16. The Bertz CT molecular complexity index is 539. The van der Waals surface area contributed by atoms with Crippen LogP contribution in [0.3, 0.4) is 0 Å². The summed E-state index contributed by atoms with van der Waals surface area (Å²) in [6, 6.07) is 17.5. The highest BCUT2D eigenvalue weighted by Gasteiger charge is 2.20. The SMILES string of the molecule is Cc1cccc(-c2ccccc2)c1C1CCNCC1. The van der Waals surface area contributed by atoms with Gasteiger partial charge in [-0.1, -0.05) is 48.5 Å². The molecule has 1 heterocycles. The van der Waals surface area contributed by atoms with E-state index in [1.807, 2.05) is 0 Å². The summed E-state index contributed by atoms with van der Waals surface area (Å²) in [6.45, 7) is 4.55. The molecule has 0 aliphatic carbocycles. The number of rotatable bonds is 2. The zero-order chi connectivity index (χ0) is 13.1. The molecule has 0 saturated carbocycles. The van der Waals surface area contributed by atoms with E-state index in [2.05, 4.69) is 60.8 Å². The molecular weight excluding hydrogens is 230 g/mol. The Hall–Kier alpha value is -1.60. The lowest BCUT2D eigenvalue weighted by atomic mass is 9.82. The van der Waals surface area contributed by atoms with E-state index in [-0.39, 0.29) is 0 Å². The van der Waals surface area contributed by atoms with Crippen LogP contribution in [0.5, 0.6) is 0 Å². The molecule has 0 bridgehead atoms. The summed E-state index contributed by atoms with van der Waals surface area (Å²) in [5, 5.41) is 3.46. The summed E-state index contributed by atoms with van der Waals surface area (Å²) in [7, 11) is 0. The van der Waals surface area contributed by atoms with Gasteiger partial charge in [0.2, 0.25) is 0 Å². The summed E-state index contributed by atoms with van der Waals surface area (Å²) < 4.78 is 0. The van der Waals surface area contributed by atoms with Crippen molar-refractivity contribution in [3.63, 3.8) is 0 Å². The van der Waals surface area contributed by atoms with E-state index in [4.69, 9.17) is 0 Å². The first kappa shape index (κ1) is 12.4. The van der Waals surface area contributed by atoms with E-state index in [0.29, 0.717) is 5.92 Å². The number of nitrogens with one attached hydrogen (secondary N) is 1. The Morgan fingerprint density at radius 2 is 1.63 bits per heavy atom. The summed E-state index contributed by atoms with van der Waals surface area (Å²) in [5.41, 5.74) is 5.77. The molecule has 0 atom stereocenters. The highest BCUT2D eigenvalue weighted by atomic mass is 14.9. The van der Waals surface area contributed by atoms with Crippen LogP contribution in [0.15, 0.2) is 48.5 Å². The molecule has 0 radical (unpaired) electrons. The first-order valence-corrected chi connectivity index (χ1v) is 7.22. The standard InChI is InChI=1S/C18H21N/c1-14-6-5-9-17(15-7-3-2-4-8-15)18(14)16-10-12-19-13-11-16/h2-9,16,19H,10-13H2,1H3. The number of piperidine rings is 1. The van der Waals surface area contributed by atoms with Crippen LogP contribution in [0.1, 0.15) is 29.9 Å². The van der Waals surface area contributed by atoms with Crippen LogP contribution in [-0.2, 0) is 0 Å². The predicted molar refractivity (Wildman–Crippen MR) is 81.5 cm³/mol. The second kappa shape index (κ2) is 5.58. The van der Waals surface area contributed by atoms with Gasteiger partial charge in [-0.05, 0) is 61.0 Å². The van der Waals surface area contributed by atoms with Crippen molar-refractivity contribution in [2.45, 2.75) is 25.7 Å². The Morgan fingerprint density at radius 3 is 2.37 bits per heavy atom. The highest BCUT2D eigenvalue weighted by molar-refractivity contribution is 5.69. The van der Waals surface area contributed by atoms with Gasteiger partial charge >= 0.3 is 0 Å². The first-order chi connectivity index (χ1) is 9.36. The molecule has 1 saturated heterocycles. The molecule has 98 valence electrons. The van der Waals surface area contributed by atoms with Gasteiger partial charge in [-0.2, -0.15) is 0 Å². The van der Waals surface area contributed by atoms with Crippen LogP contribution in [0.25, 0.3) is 11.1 Å². The largest absolute Gasteiger partial charge is 0.317 e. The van der Waals surface area contributed by atoms with E-state index in [0.717, 1.165) is 13.1 Å². The monoisotopic (exact) mass is 251 g/mol. The van der Waals surface area contributed by atoms with Crippen molar-refractivity contribution >= 4 is 0 Å². The molecule has 1 N–H and O–H groups in total. The molecule has 1 aliphatic heterocycles. The van der Waals surface area contributed by atoms with Crippen LogP contribution < -0.4 is 5.32 Å². The van der Waals surface area contributed by atoms with Gasteiger partial charge in [-0.25, -0.2) is 0 Å². The minimum atomic E-state index is 0.706. The molecule has 2 aromatic rings. The lowest BCUT2D eigenvalue weighted by molar-refractivity contribution is 0.460. The average molecular weight is 251 g/mol. The summed E-state index contributed by atoms with van der Waals surface area (Å²) >= 11 is 0. The second-order valence-electron chi connectivity index (χ2n) is 5.43. The van der Waals surface area contributed by atoms with E-state index in [1.54, 1.807) is 5.56 Å². The molecule has 0 spiro atoms. The molecule has 0 amide bonds. The van der Waals surface area contributed by atoms with Crippen molar-refractivity contribution in [3.8, 4) is 11.1 Å². The Balaban J connectivity index is 2.07. The molecule has 1 heteroatoms. The summed E-state index contributed by atoms with van der Waals surface area (Å²) in [4.78, 5) is 0. The lowest BCUT2D eigenvalue weighted by Crippen LogP contribution is -2.27. The van der Waals surface area contributed by atoms with E-state index in [9.17, 15) is 0 Å². The topological polar surface area (TPSA) is 12.0 Å². The molecule has 0 aromatic heterocycles. The van der Waals surface area contributed by atoms with Crippen molar-refractivity contribution in [2.75, 3.05) is 13.1 Å². The maximum absolute atomic E-state index is 3.46. The predicted octanol–water partition coefficient (Wildman–Crippen LogP) is 4.13. The van der Waals surface area contributed by atoms with E-state index >= 15 is 0 Å². The van der Waals surface area contributed by atoms with Gasteiger partial charge in [-0.3, -0.25) is 0 Å². The number of hydrogen-bond donors (Lipinski definition) is 1. The Kier molecular flexibility index (Phi) is 3.65. The number of aryl methyl sites for hydroxylation is 1. The van der Waals surface area contributed by atoms with Crippen molar-refractivity contribution in [3.05, 3.63) is 59.7 Å². The van der Waals surface area contributed by atoms with Crippen molar-refractivity contribution in [2.24, 2.45) is 0 Å². The van der Waals surface area contributed by atoms with E-state index < -0.39 is 0 Å². The van der Waals surface area contributed by atoms with Crippen molar-refractivity contribution in [1.29, 1.82) is 0 Å². The first-order valence-electron chi connectivity index (χ1n) is 7.22. The molecule has 3 rings (SSSR count).